The van der Waals surface area contributed by atoms with Crippen molar-refractivity contribution in [1.29, 1.82) is 0 Å². The predicted octanol–water partition coefficient (Wildman–Crippen LogP) is 5.48. The summed E-state index contributed by atoms with van der Waals surface area (Å²) in [5.74, 6) is 1.06. The van der Waals surface area contributed by atoms with Gasteiger partial charge in [-0.3, -0.25) is 0 Å². The Morgan fingerprint density at radius 1 is 1.06 bits per heavy atom. The topological polar surface area (TPSA) is 9.23 Å². The Hall–Kier alpha value is -0.980. The average molecular weight is 250 g/mol. The van der Waals surface area contributed by atoms with Gasteiger partial charge < -0.3 is 4.74 Å². The molecule has 2 rings (SSSR count). The Labute approximate surface area is 114 Å². The van der Waals surface area contributed by atoms with E-state index >= 15 is 0 Å². The van der Waals surface area contributed by atoms with Crippen LogP contribution in [0.4, 0.5) is 0 Å². The minimum atomic E-state index is 0. The molecule has 1 heterocycles. The predicted molar refractivity (Wildman–Crippen MR) is 81.3 cm³/mol. The maximum Gasteiger partial charge on any atom is 0.123 e. The van der Waals surface area contributed by atoms with E-state index in [1.807, 2.05) is 6.07 Å². The van der Waals surface area contributed by atoms with E-state index in [0.717, 1.165) is 18.6 Å². The SMILES string of the molecule is C.CC(C)(C)C.CC1(C)CCc2ccccc2O1. The summed E-state index contributed by atoms with van der Waals surface area (Å²) < 4.78 is 5.82. The van der Waals surface area contributed by atoms with Crippen molar-refractivity contribution in [3.63, 3.8) is 0 Å². The number of ether oxygens (including phenoxy) is 1. The Morgan fingerprint density at radius 2 is 1.56 bits per heavy atom. The van der Waals surface area contributed by atoms with Crippen molar-refractivity contribution in [2.75, 3.05) is 0 Å². The normalized spacial score (nSPS) is 16.3. The summed E-state index contributed by atoms with van der Waals surface area (Å²) in [5.41, 5.74) is 1.87. The fourth-order valence-electron chi connectivity index (χ4n) is 1.59. The van der Waals surface area contributed by atoms with Crippen molar-refractivity contribution < 1.29 is 4.74 Å². The Balaban J connectivity index is 0.000000421. The first kappa shape index (κ1) is 17.0. The van der Waals surface area contributed by atoms with E-state index in [0.29, 0.717) is 5.41 Å². The van der Waals surface area contributed by atoms with E-state index in [2.05, 4.69) is 59.7 Å². The molecular weight excluding hydrogens is 220 g/mol. The molecule has 18 heavy (non-hydrogen) atoms. The van der Waals surface area contributed by atoms with E-state index in [9.17, 15) is 0 Å². The van der Waals surface area contributed by atoms with E-state index in [1.54, 1.807) is 0 Å². The molecule has 0 aromatic heterocycles. The molecule has 0 fully saturated rings. The third-order valence-electron chi connectivity index (χ3n) is 2.36. The molecule has 0 amide bonds. The lowest BCUT2D eigenvalue weighted by atomic mass is 9.94. The van der Waals surface area contributed by atoms with Crippen molar-refractivity contribution >= 4 is 0 Å². The van der Waals surface area contributed by atoms with Crippen LogP contribution in [0.1, 0.15) is 61.0 Å². The molecule has 104 valence electrons. The second-order valence-corrected chi connectivity index (χ2v) is 6.97. The van der Waals surface area contributed by atoms with Crippen LogP contribution in [0.25, 0.3) is 0 Å². The van der Waals surface area contributed by atoms with Gasteiger partial charge in [-0.15, -0.1) is 0 Å². The van der Waals surface area contributed by atoms with Gasteiger partial charge in [-0.25, -0.2) is 0 Å². The van der Waals surface area contributed by atoms with Gasteiger partial charge in [0.2, 0.25) is 0 Å². The Kier molecular flexibility index (Phi) is 5.92. The summed E-state index contributed by atoms with van der Waals surface area (Å²) in [6.45, 7) is 13.0. The first-order valence-electron chi connectivity index (χ1n) is 6.44. The van der Waals surface area contributed by atoms with E-state index in [1.165, 1.54) is 5.56 Å². The molecule has 0 unspecified atom stereocenters. The molecule has 0 saturated carbocycles. The molecule has 1 aromatic carbocycles. The number of para-hydroxylation sites is 1. The van der Waals surface area contributed by atoms with E-state index < -0.39 is 0 Å². The maximum absolute atomic E-state index is 5.82. The molecule has 1 aromatic rings. The summed E-state index contributed by atoms with van der Waals surface area (Å²) in [5, 5.41) is 0. The molecule has 0 radical (unpaired) electrons. The number of rotatable bonds is 0. The fourth-order valence-corrected chi connectivity index (χ4v) is 1.59. The minimum Gasteiger partial charge on any atom is -0.488 e. The highest BCUT2D eigenvalue weighted by Crippen LogP contribution is 2.32. The van der Waals surface area contributed by atoms with Crippen LogP contribution in [0, 0.1) is 5.41 Å². The highest BCUT2D eigenvalue weighted by atomic mass is 16.5. The number of hydrogen-bond donors (Lipinski definition) is 0. The lowest BCUT2D eigenvalue weighted by molar-refractivity contribution is 0.0847. The molecule has 0 N–H and O–H groups in total. The zero-order valence-electron chi connectivity index (χ0n) is 12.1. The summed E-state index contributed by atoms with van der Waals surface area (Å²) in [4.78, 5) is 0. The lowest BCUT2D eigenvalue weighted by Gasteiger charge is -2.32. The molecule has 0 atom stereocenters. The third kappa shape index (κ3) is 6.68. The van der Waals surface area contributed by atoms with Gasteiger partial charge in [0.25, 0.3) is 0 Å². The first-order chi connectivity index (χ1) is 7.67. The second kappa shape index (κ2) is 6.26. The zero-order chi connectivity index (χ0) is 13.1. The van der Waals surface area contributed by atoms with Crippen molar-refractivity contribution in [3.8, 4) is 5.75 Å². The van der Waals surface area contributed by atoms with Gasteiger partial charge in [-0.2, -0.15) is 0 Å². The largest absolute Gasteiger partial charge is 0.488 e. The molecular formula is C17H30O. The molecule has 0 saturated heterocycles. The van der Waals surface area contributed by atoms with E-state index in [-0.39, 0.29) is 13.0 Å². The van der Waals surface area contributed by atoms with Gasteiger partial charge in [-0.05, 0) is 43.7 Å². The van der Waals surface area contributed by atoms with Crippen LogP contribution < -0.4 is 4.74 Å². The van der Waals surface area contributed by atoms with Crippen molar-refractivity contribution in [3.05, 3.63) is 29.8 Å². The van der Waals surface area contributed by atoms with Crippen LogP contribution in [-0.4, -0.2) is 5.60 Å². The number of aryl methyl sites for hydroxylation is 1. The van der Waals surface area contributed by atoms with Crippen molar-refractivity contribution in [2.45, 2.75) is 67.4 Å². The smallest absolute Gasteiger partial charge is 0.123 e. The van der Waals surface area contributed by atoms with E-state index in [4.69, 9.17) is 4.74 Å². The average Bonchev–Trinajstić information content (AvgIpc) is 2.13. The van der Waals surface area contributed by atoms with Gasteiger partial charge in [-0.1, -0.05) is 53.3 Å². The fraction of sp³-hybridized carbons (Fsp3) is 0.647. The molecule has 1 aliphatic heterocycles. The number of benzene rings is 1. The van der Waals surface area contributed by atoms with Crippen LogP contribution in [0.5, 0.6) is 5.75 Å². The first-order valence-corrected chi connectivity index (χ1v) is 6.44. The summed E-state index contributed by atoms with van der Waals surface area (Å²) in [6.07, 6.45) is 2.26. The molecule has 0 spiro atoms. The van der Waals surface area contributed by atoms with Crippen molar-refractivity contribution in [1.82, 2.24) is 0 Å². The number of fused-ring (bicyclic) bond motifs is 1. The molecule has 1 heteroatoms. The highest BCUT2D eigenvalue weighted by molar-refractivity contribution is 5.35. The van der Waals surface area contributed by atoms with Gasteiger partial charge in [0.15, 0.2) is 0 Å². The van der Waals surface area contributed by atoms with Crippen LogP contribution in [0.15, 0.2) is 24.3 Å². The maximum atomic E-state index is 5.82. The molecule has 0 aliphatic carbocycles. The summed E-state index contributed by atoms with van der Waals surface area (Å²) in [6, 6.07) is 8.29. The number of hydrogen-bond acceptors (Lipinski definition) is 1. The minimum absolute atomic E-state index is 0. The van der Waals surface area contributed by atoms with Crippen LogP contribution in [-0.2, 0) is 6.42 Å². The summed E-state index contributed by atoms with van der Waals surface area (Å²) in [7, 11) is 0. The standard InChI is InChI=1S/C11H14O.C5H12.CH4/c1-11(2)8-7-9-5-3-4-6-10(9)12-11;1-5(2,3)4;/h3-6H,7-8H2,1-2H3;1-4H3;1H4. The highest BCUT2D eigenvalue weighted by Gasteiger charge is 2.25. The molecule has 0 bridgehead atoms. The van der Waals surface area contributed by atoms with Gasteiger partial charge in [0.05, 0.1) is 0 Å². The lowest BCUT2D eigenvalue weighted by Crippen LogP contribution is -2.32. The Bertz CT molecular complexity index is 352. The monoisotopic (exact) mass is 250 g/mol. The van der Waals surface area contributed by atoms with Crippen LogP contribution >= 0.6 is 0 Å². The Morgan fingerprint density at radius 3 is 2.11 bits per heavy atom. The van der Waals surface area contributed by atoms with Crippen LogP contribution in [0.3, 0.4) is 0 Å². The van der Waals surface area contributed by atoms with Crippen molar-refractivity contribution in [2.24, 2.45) is 5.41 Å². The quantitative estimate of drug-likeness (QED) is 0.592. The second-order valence-electron chi connectivity index (χ2n) is 6.97. The van der Waals surface area contributed by atoms with Gasteiger partial charge in [0, 0.05) is 0 Å². The van der Waals surface area contributed by atoms with Crippen LogP contribution in [0.2, 0.25) is 0 Å². The summed E-state index contributed by atoms with van der Waals surface area (Å²) >= 11 is 0. The molecule has 1 nitrogen and oxygen atoms in total. The molecule has 1 aliphatic rings. The third-order valence-corrected chi connectivity index (χ3v) is 2.36. The zero-order valence-corrected chi connectivity index (χ0v) is 12.1. The van der Waals surface area contributed by atoms with Gasteiger partial charge >= 0.3 is 0 Å². The van der Waals surface area contributed by atoms with Gasteiger partial charge in [0.1, 0.15) is 11.4 Å².